The predicted octanol–water partition coefficient (Wildman–Crippen LogP) is 5.23. The third-order valence-corrected chi connectivity index (χ3v) is 7.08. The van der Waals surface area contributed by atoms with Crippen LogP contribution in [0.1, 0.15) is 49.4 Å². The maximum absolute atomic E-state index is 13.2. The zero-order chi connectivity index (χ0) is 24.5. The molecule has 7 nitrogen and oxygen atoms in total. The first-order chi connectivity index (χ1) is 14.9. The number of carbonyl (C=O) groups excluding carboxylic acids is 2. The highest BCUT2D eigenvalue weighted by Crippen LogP contribution is 2.48. The number of hydrogen-bond donors (Lipinski definition) is 2. The molecule has 1 aromatic carbocycles. The van der Waals surface area contributed by atoms with E-state index in [0.29, 0.717) is 22.2 Å². The van der Waals surface area contributed by atoms with E-state index in [1.54, 1.807) is 31.2 Å². The molecule has 0 spiro atoms. The number of nitrogens with two attached hydrogens (primary N) is 1. The predicted molar refractivity (Wildman–Crippen MR) is 119 cm³/mol. The van der Waals surface area contributed by atoms with Crippen LogP contribution in [0.15, 0.2) is 24.3 Å². The maximum Gasteiger partial charge on any atom is 0.412 e. The Bertz CT molecular complexity index is 964. The van der Waals surface area contributed by atoms with E-state index in [9.17, 15) is 27.3 Å². The molecule has 2 unspecified atom stereocenters. The van der Waals surface area contributed by atoms with Crippen molar-refractivity contribution in [2.24, 2.45) is 5.73 Å². The molecule has 3 N–H and O–H groups in total. The Kier molecular flexibility index (Phi) is 10.8. The van der Waals surface area contributed by atoms with Crippen molar-refractivity contribution in [3.8, 4) is 0 Å². The van der Waals surface area contributed by atoms with Gasteiger partial charge in [-0.3, -0.25) is 14.2 Å². The largest absolute Gasteiger partial charge is 0.465 e. The number of hydrogen-bond acceptors (Lipinski definition) is 6. The molecule has 1 heterocycles. The third-order valence-electron chi connectivity index (χ3n) is 3.84. The van der Waals surface area contributed by atoms with Gasteiger partial charge in [-0.15, -0.1) is 11.3 Å². The van der Waals surface area contributed by atoms with Crippen LogP contribution in [-0.4, -0.2) is 37.3 Å². The molecule has 0 aliphatic heterocycles. The van der Waals surface area contributed by atoms with Crippen LogP contribution in [-0.2, 0) is 24.8 Å². The maximum atomic E-state index is 13.2. The van der Waals surface area contributed by atoms with Crippen molar-refractivity contribution in [3.05, 3.63) is 34.7 Å². The summed E-state index contributed by atoms with van der Waals surface area (Å²) in [7, 11) is -4.13. The van der Waals surface area contributed by atoms with Crippen molar-refractivity contribution in [2.45, 2.75) is 52.5 Å². The van der Waals surface area contributed by atoms with Crippen LogP contribution in [0.2, 0.25) is 0 Å². The quantitative estimate of drug-likeness (QED) is 0.345. The van der Waals surface area contributed by atoms with Crippen molar-refractivity contribution in [1.29, 1.82) is 0 Å². The van der Waals surface area contributed by atoms with E-state index in [2.05, 4.69) is 5.09 Å². The lowest BCUT2D eigenvalue weighted by Crippen LogP contribution is -2.35. The average molecular weight is 496 g/mol. The number of benzene rings is 1. The molecule has 0 radical (unpaired) electrons. The topological polar surface area (TPSA) is 108 Å². The van der Waals surface area contributed by atoms with Crippen LogP contribution >= 0.6 is 18.9 Å². The molecule has 2 atom stereocenters. The van der Waals surface area contributed by atoms with Crippen molar-refractivity contribution < 1.29 is 36.6 Å². The van der Waals surface area contributed by atoms with Gasteiger partial charge in [-0.2, -0.15) is 13.2 Å². The molecular weight excluding hydrogens is 468 g/mol. The van der Waals surface area contributed by atoms with Crippen molar-refractivity contribution in [2.75, 3.05) is 13.2 Å². The van der Waals surface area contributed by atoms with E-state index >= 15 is 0 Å². The monoisotopic (exact) mass is 496 g/mol. The molecule has 12 heteroatoms. The fourth-order valence-corrected chi connectivity index (χ4v) is 5.41. The van der Waals surface area contributed by atoms with Gasteiger partial charge in [0.05, 0.1) is 17.6 Å². The number of thiophene rings is 1. The number of alkyl halides is 3. The summed E-state index contributed by atoms with van der Waals surface area (Å²) in [6, 6.07) is 5.21. The molecule has 0 fully saturated rings. The minimum Gasteiger partial charge on any atom is -0.465 e. The number of primary amides is 1. The summed E-state index contributed by atoms with van der Waals surface area (Å²) in [5, 5.41) is 3.01. The zero-order valence-corrected chi connectivity index (χ0v) is 20.0. The van der Waals surface area contributed by atoms with Crippen LogP contribution in [0.3, 0.4) is 0 Å². The van der Waals surface area contributed by atoms with Crippen LogP contribution in [0, 0.1) is 0 Å². The summed E-state index contributed by atoms with van der Waals surface area (Å²) in [6.07, 6.45) is -4.53. The smallest absolute Gasteiger partial charge is 0.412 e. The lowest BCUT2D eigenvalue weighted by molar-refractivity contribution is -0.153. The van der Waals surface area contributed by atoms with E-state index in [0.717, 1.165) is 4.70 Å². The number of carbonyl (C=O) groups is 2. The molecule has 1 amide bonds. The second kappa shape index (κ2) is 12.3. The Hall–Kier alpha value is -1.94. The van der Waals surface area contributed by atoms with Gasteiger partial charge in [0.1, 0.15) is 6.04 Å². The standard InChI is InChI=1S/C18H22F3N2O5PS.C2H6/c1-3-6-27-17(25)11(2)23-29(26,28-10-18(19,20)21)9-12-4-5-14-13(7-12)8-15(30-14)16(22)24;1-2/h4-5,7-8,11H,3,6,9-10H2,1-2H3,(H2,22,24)(H,23,26);1-2H3. The highest BCUT2D eigenvalue weighted by atomic mass is 32.1. The van der Waals surface area contributed by atoms with Gasteiger partial charge in [0, 0.05) is 4.70 Å². The molecule has 0 bridgehead atoms. The Morgan fingerprint density at radius 3 is 2.47 bits per heavy atom. The Morgan fingerprint density at radius 2 is 1.91 bits per heavy atom. The van der Waals surface area contributed by atoms with Crippen LogP contribution in [0.25, 0.3) is 10.1 Å². The normalized spacial score (nSPS) is 14.2. The van der Waals surface area contributed by atoms with E-state index in [1.165, 1.54) is 18.3 Å². The second-order valence-corrected chi connectivity index (χ2v) is 9.85. The summed E-state index contributed by atoms with van der Waals surface area (Å²) in [4.78, 5) is 23.6. The summed E-state index contributed by atoms with van der Waals surface area (Å²) in [5.74, 6) is -1.34. The lowest BCUT2D eigenvalue weighted by atomic mass is 10.2. The Morgan fingerprint density at radius 1 is 1.25 bits per heavy atom. The second-order valence-electron chi connectivity index (χ2n) is 6.59. The fourth-order valence-electron chi connectivity index (χ4n) is 2.53. The molecule has 2 rings (SSSR count). The van der Waals surface area contributed by atoms with Gasteiger partial charge >= 0.3 is 12.1 Å². The van der Waals surface area contributed by atoms with E-state index in [-0.39, 0.29) is 6.61 Å². The first-order valence-electron chi connectivity index (χ1n) is 9.99. The van der Waals surface area contributed by atoms with E-state index in [4.69, 9.17) is 15.0 Å². The number of nitrogens with one attached hydrogen (secondary N) is 1. The van der Waals surface area contributed by atoms with Gasteiger partial charge in [-0.25, -0.2) is 5.09 Å². The molecule has 0 saturated heterocycles. The van der Waals surface area contributed by atoms with Crippen LogP contribution in [0.4, 0.5) is 13.2 Å². The van der Waals surface area contributed by atoms with E-state index < -0.39 is 44.4 Å². The van der Waals surface area contributed by atoms with Gasteiger partial charge in [-0.1, -0.05) is 26.8 Å². The molecule has 0 aliphatic rings. The highest BCUT2D eigenvalue weighted by molar-refractivity contribution is 7.56. The molecule has 0 aliphatic carbocycles. The molecular formula is C20H28F3N2O5PS. The van der Waals surface area contributed by atoms with Crippen molar-refractivity contribution in [1.82, 2.24) is 5.09 Å². The lowest BCUT2D eigenvalue weighted by Gasteiger charge is -2.23. The molecule has 1 aromatic heterocycles. The minimum absolute atomic E-state index is 0.135. The highest BCUT2D eigenvalue weighted by Gasteiger charge is 2.36. The number of amides is 1. The number of ether oxygens (including phenoxy) is 1. The molecule has 180 valence electrons. The molecule has 32 heavy (non-hydrogen) atoms. The average Bonchev–Trinajstić information content (AvgIpc) is 3.15. The number of esters is 1. The molecule has 2 aromatic rings. The molecule has 0 saturated carbocycles. The van der Waals surface area contributed by atoms with Crippen LogP contribution < -0.4 is 10.8 Å². The van der Waals surface area contributed by atoms with Gasteiger partial charge in [-0.05, 0) is 42.5 Å². The Balaban J connectivity index is 0.00000249. The van der Waals surface area contributed by atoms with Gasteiger partial charge < -0.3 is 15.0 Å². The Labute approximate surface area is 189 Å². The summed E-state index contributed by atoms with van der Waals surface area (Å²) < 4.78 is 61.5. The van der Waals surface area contributed by atoms with Gasteiger partial charge in [0.2, 0.25) is 0 Å². The summed E-state index contributed by atoms with van der Waals surface area (Å²) >= 11 is 1.17. The fraction of sp³-hybridized carbons (Fsp3) is 0.500. The zero-order valence-electron chi connectivity index (χ0n) is 18.3. The van der Waals surface area contributed by atoms with Crippen molar-refractivity contribution in [3.63, 3.8) is 0 Å². The minimum atomic E-state index is -4.70. The number of halogens is 3. The first kappa shape index (κ1) is 28.1. The van der Waals surface area contributed by atoms with E-state index in [1.807, 2.05) is 13.8 Å². The third kappa shape index (κ3) is 8.90. The number of fused-ring (bicyclic) bond motifs is 1. The van der Waals surface area contributed by atoms with Crippen LogP contribution in [0.5, 0.6) is 0 Å². The van der Waals surface area contributed by atoms with Gasteiger partial charge in [0.25, 0.3) is 13.4 Å². The van der Waals surface area contributed by atoms with Gasteiger partial charge in [0.15, 0.2) is 6.61 Å². The summed E-state index contributed by atoms with van der Waals surface area (Å²) in [6.45, 7) is 5.52. The van der Waals surface area contributed by atoms with Crippen molar-refractivity contribution >= 4 is 40.8 Å². The first-order valence-corrected chi connectivity index (χ1v) is 12.6. The number of rotatable bonds is 10. The summed E-state index contributed by atoms with van der Waals surface area (Å²) in [5.41, 5.74) is 5.67. The SMILES string of the molecule is CC.CCCOC(=O)C(C)NP(=O)(Cc1ccc2sc(C(N)=O)cc2c1)OCC(F)(F)F.